The molecular weight excluding hydrogens is 284 g/mol. The van der Waals surface area contributed by atoms with E-state index in [9.17, 15) is 18.0 Å². The molecule has 20 heavy (non-hydrogen) atoms. The Labute approximate surface area is 119 Å². The Morgan fingerprint density at radius 2 is 1.70 bits per heavy atom. The molecule has 6 nitrogen and oxygen atoms in total. The summed E-state index contributed by atoms with van der Waals surface area (Å²) < 4.78 is 33.2. The van der Waals surface area contributed by atoms with Gasteiger partial charge in [-0.1, -0.05) is 26.2 Å². The summed E-state index contributed by atoms with van der Waals surface area (Å²) in [7, 11) is -1.14. The van der Waals surface area contributed by atoms with Gasteiger partial charge in [-0.15, -0.1) is 0 Å². The molecule has 0 spiro atoms. The summed E-state index contributed by atoms with van der Waals surface area (Å²) in [5.41, 5.74) is -1.70. The maximum Gasteiger partial charge on any atom is 0.324 e. The van der Waals surface area contributed by atoms with Crippen molar-refractivity contribution in [3.05, 3.63) is 0 Å². The lowest BCUT2D eigenvalue weighted by Crippen LogP contribution is -2.47. The maximum atomic E-state index is 12.1. The monoisotopic (exact) mass is 306 g/mol. The summed E-state index contributed by atoms with van der Waals surface area (Å²) in [6.07, 6.45) is 3.17. The average Bonchev–Trinajstić information content (AvgIpc) is 2.69. The molecule has 0 aromatic carbocycles. The Morgan fingerprint density at radius 1 is 1.15 bits per heavy atom. The van der Waals surface area contributed by atoms with E-state index in [1.54, 1.807) is 0 Å². The molecule has 1 aliphatic heterocycles. The highest BCUT2D eigenvalue weighted by molar-refractivity contribution is 7.91. The van der Waals surface area contributed by atoms with E-state index in [4.69, 9.17) is 0 Å². The fraction of sp³-hybridized carbons (Fsp3) is 0.846. The molecule has 7 heteroatoms. The van der Waals surface area contributed by atoms with Crippen LogP contribution in [0.15, 0.2) is 0 Å². The van der Waals surface area contributed by atoms with Crippen molar-refractivity contribution in [2.24, 2.45) is 11.3 Å². The average molecular weight is 306 g/mol. The molecule has 0 N–H and O–H groups in total. The van der Waals surface area contributed by atoms with Crippen molar-refractivity contribution in [3.63, 3.8) is 0 Å². The van der Waals surface area contributed by atoms with E-state index in [2.05, 4.69) is 9.47 Å². The quantitative estimate of drug-likeness (QED) is 0.412. The Bertz CT molecular complexity index is 451. The zero-order chi connectivity index (χ0) is 15.4. The maximum absolute atomic E-state index is 12.1. The van der Waals surface area contributed by atoms with Crippen molar-refractivity contribution in [1.29, 1.82) is 0 Å². The van der Waals surface area contributed by atoms with Gasteiger partial charge in [0.2, 0.25) is 0 Å². The number of sulfone groups is 1. The first-order valence-corrected chi connectivity index (χ1v) is 8.53. The van der Waals surface area contributed by atoms with Gasteiger partial charge in [0, 0.05) is 5.92 Å². The predicted molar refractivity (Wildman–Crippen MR) is 72.8 cm³/mol. The number of rotatable bonds is 6. The smallest absolute Gasteiger partial charge is 0.324 e. The standard InChI is InChI=1S/C13H22O6S/c1-4-5-6-7-10-8-20(16,17)9-13(10,11(14)18-2)12(15)19-3/h10H,4-9H2,1-3H3. The van der Waals surface area contributed by atoms with Gasteiger partial charge in [0.25, 0.3) is 0 Å². The van der Waals surface area contributed by atoms with Gasteiger partial charge in [0.1, 0.15) is 0 Å². The van der Waals surface area contributed by atoms with Gasteiger partial charge in [0.15, 0.2) is 15.3 Å². The highest BCUT2D eigenvalue weighted by Crippen LogP contribution is 2.43. The molecule has 0 saturated carbocycles. The van der Waals surface area contributed by atoms with Crippen LogP contribution in [-0.2, 0) is 28.9 Å². The fourth-order valence-electron chi connectivity index (χ4n) is 2.84. The first-order valence-electron chi connectivity index (χ1n) is 6.71. The van der Waals surface area contributed by atoms with Gasteiger partial charge in [0.05, 0.1) is 25.7 Å². The van der Waals surface area contributed by atoms with Crippen LogP contribution < -0.4 is 0 Å². The van der Waals surface area contributed by atoms with Crippen LogP contribution in [0.25, 0.3) is 0 Å². The van der Waals surface area contributed by atoms with Crippen molar-refractivity contribution in [3.8, 4) is 0 Å². The Morgan fingerprint density at radius 3 is 2.15 bits per heavy atom. The van der Waals surface area contributed by atoms with E-state index in [-0.39, 0.29) is 5.75 Å². The molecular formula is C13H22O6S. The third-order valence-corrected chi connectivity index (χ3v) is 5.66. The van der Waals surface area contributed by atoms with E-state index in [0.29, 0.717) is 6.42 Å². The van der Waals surface area contributed by atoms with Gasteiger partial charge in [-0.2, -0.15) is 0 Å². The molecule has 1 atom stereocenters. The van der Waals surface area contributed by atoms with Crippen LogP contribution in [0.1, 0.15) is 32.6 Å². The van der Waals surface area contributed by atoms with Crippen LogP contribution in [0.4, 0.5) is 0 Å². The summed E-state index contributed by atoms with van der Waals surface area (Å²) in [4.78, 5) is 24.2. The second kappa shape index (κ2) is 6.56. The van der Waals surface area contributed by atoms with Crippen LogP contribution in [0.5, 0.6) is 0 Å². The van der Waals surface area contributed by atoms with Crippen LogP contribution in [0.3, 0.4) is 0 Å². The van der Waals surface area contributed by atoms with E-state index in [1.807, 2.05) is 6.92 Å². The lowest BCUT2D eigenvalue weighted by atomic mass is 9.75. The van der Waals surface area contributed by atoms with Crippen molar-refractivity contribution in [2.75, 3.05) is 25.7 Å². The number of methoxy groups -OCH3 is 2. The number of esters is 2. The SMILES string of the molecule is CCCCCC1CS(=O)(=O)CC1(C(=O)OC)C(=O)OC. The van der Waals surface area contributed by atoms with Crippen molar-refractivity contribution in [1.82, 2.24) is 0 Å². The van der Waals surface area contributed by atoms with Gasteiger partial charge in [-0.3, -0.25) is 9.59 Å². The molecule has 1 fully saturated rings. The van der Waals surface area contributed by atoms with E-state index in [0.717, 1.165) is 33.5 Å². The lowest BCUT2D eigenvalue weighted by Gasteiger charge is -2.28. The summed E-state index contributed by atoms with van der Waals surface area (Å²) in [5, 5.41) is 0. The minimum atomic E-state index is -3.45. The highest BCUT2D eigenvalue weighted by Gasteiger charge is 2.62. The molecule has 1 heterocycles. The Kier molecular flexibility index (Phi) is 5.56. The van der Waals surface area contributed by atoms with Crippen LogP contribution in [-0.4, -0.2) is 46.1 Å². The van der Waals surface area contributed by atoms with Crippen LogP contribution >= 0.6 is 0 Å². The second-order valence-corrected chi connectivity index (χ2v) is 7.31. The highest BCUT2D eigenvalue weighted by atomic mass is 32.2. The molecule has 0 amide bonds. The van der Waals surface area contributed by atoms with E-state index >= 15 is 0 Å². The first-order chi connectivity index (χ1) is 9.34. The Hall–Kier alpha value is -1.11. The summed E-state index contributed by atoms with van der Waals surface area (Å²) in [5.74, 6) is -2.88. The van der Waals surface area contributed by atoms with Crippen LogP contribution in [0, 0.1) is 11.3 Å². The molecule has 1 aliphatic rings. The zero-order valence-corrected chi connectivity index (χ0v) is 13.0. The molecule has 1 rings (SSSR count). The number of carbonyl (C=O) groups excluding carboxylic acids is 2. The normalized spacial score (nSPS) is 23.2. The lowest BCUT2D eigenvalue weighted by molar-refractivity contribution is -0.170. The number of carbonyl (C=O) groups is 2. The number of hydrogen-bond donors (Lipinski definition) is 0. The van der Waals surface area contributed by atoms with E-state index < -0.39 is 38.9 Å². The van der Waals surface area contributed by atoms with Gasteiger partial charge in [-0.05, 0) is 6.42 Å². The number of ether oxygens (including phenoxy) is 2. The van der Waals surface area contributed by atoms with Crippen molar-refractivity contribution < 1.29 is 27.5 Å². The van der Waals surface area contributed by atoms with Crippen molar-refractivity contribution >= 4 is 21.8 Å². The molecule has 116 valence electrons. The summed E-state index contributed by atoms with van der Waals surface area (Å²) >= 11 is 0. The topological polar surface area (TPSA) is 86.7 Å². The minimum Gasteiger partial charge on any atom is -0.468 e. The summed E-state index contributed by atoms with van der Waals surface area (Å²) in [6, 6.07) is 0. The van der Waals surface area contributed by atoms with Gasteiger partial charge in [-0.25, -0.2) is 8.42 Å². The molecule has 0 aromatic rings. The zero-order valence-electron chi connectivity index (χ0n) is 12.2. The Balaban J connectivity index is 3.14. The third-order valence-electron chi connectivity index (χ3n) is 3.86. The largest absolute Gasteiger partial charge is 0.468 e. The second-order valence-electron chi connectivity index (χ2n) is 5.20. The minimum absolute atomic E-state index is 0.166. The van der Waals surface area contributed by atoms with Crippen LogP contribution in [0.2, 0.25) is 0 Å². The molecule has 0 aliphatic carbocycles. The molecule has 1 saturated heterocycles. The summed E-state index contributed by atoms with van der Waals surface area (Å²) in [6.45, 7) is 2.03. The van der Waals surface area contributed by atoms with E-state index in [1.165, 1.54) is 0 Å². The molecule has 0 radical (unpaired) electrons. The number of hydrogen-bond acceptors (Lipinski definition) is 6. The third kappa shape index (κ3) is 3.13. The number of unbranched alkanes of at least 4 members (excludes halogenated alkanes) is 2. The fourth-order valence-corrected chi connectivity index (χ4v) is 5.19. The predicted octanol–water partition coefficient (Wildman–Crippen LogP) is 0.944. The molecule has 1 unspecified atom stereocenters. The van der Waals surface area contributed by atoms with Crippen molar-refractivity contribution in [2.45, 2.75) is 32.6 Å². The van der Waals surface area contributed by atoms with Gasteiger partial charge < -0.3 is 9.47 Å². The molecule has 0 bridgehead atoms. The molecule has 0 aromatic heterocycles. The van der Waals surface area contributed by atoms with Gasteiger partial charge >= 0.3 is 11.9 Å². The first kappa shape index (κ1) is 16.9.